The third-order valence-electron chi connectivity index (χ3n) is 6.29. The molecule has 4 rings (SSSR count). The van der Waals surface area contributed by atoms with E-state index in [4.69, 9.17) is 0 Å². The Labute approximate surface area is 185 Å². The zero-order valence-electron chi connectivity index (χ0n) is 18.0. The number of nitrogens with one attached hydrogen (secondary N) is 3. The van der Waals surface area contributed by atoms with Crippen LogP contribution < -0.4 is 20.9 Å². The van der Waals surface area contributed by atoms with Gasteiger partial charge in [0.15, 0.2) is 0 Å². The highest BCUT2D eigenvalue weighted by Gasteiger charge is 2.29. The highest BCUT2D eigenvalue weighted by atomic mass is 32.2. The van der Waals surface area contributed by atoms with Crippen LogP contribution in [0.15, 0.2) is 18.2 Å². The lowest BCUT2D eigenvalue weighted by atomic mass is 10.1. The Kier molecular flexibility index (Phi) is 6.48. The zero-order chi connectivity index (χ0) is 22.2. The van der Waals surface area contributed by atoms with E-state index < -0.39 is 20.0 Å². The number of fused-ring (bicyclic) bond motifs is 1. The maximum atomic E-state index is 11.8. The van der Waals surface area contributed by atoms with Gasteiger partial charge >= 0.3 is 0 Å². The molecule has 2 saturated heterocycles. The molecule has 1 unspecified atom stereocenters. The van der Waals surface area contributed by atoms with Gasteiger partial charge in [0.25, 0.3) is 0 Å². The third kappa shape index (κ3) is 5.32. The normalized spacial score (nSPS) is 24.6. The fraction of sp³-hybridized carbons (Fsp3) is 0.684. The lowest BCUT2D eigenvalue weighted by molar-refractivity contribution is 0.266. The summed E-state index contributed by atoms with van der Waals surface area (Å²) in [5.74, 6) is 0. The van der Waals surface area contributed by atoms with E-state index >= 15 is 0 Å². The average molecular weight is 473 g/mol. The van der Waals surface area contributed by atoms with Crippen LogP contribution in [-0.4, -0.2) is 89.6 Å². The summed E-state index contributed by atoms with van der Waals surface area (Å²) in [5.41, 5.74) is 3.33. The first-order valence-corrected chi connectivity index (χ1v) is 14.3. The molecule has 3 heterocycles. The second kappa shape index (κ2) is 8.83. The van der Waals surface area contributed by atoms with Gasteiger partial charge in [-0.1, -0.05) is 12.1 Å². The number of nitrogens with zero attached hydrogens (tertiary/aromatic N) is 3. The van der Waals surface area contributed by atoms with Crippen LogP contribution in [-0.2, 0) is 26.6 Å². The molecule has 2 fully saturated rings. The van der Waals surface area contributed by atoms with Crippen molar-refractivity contribution in [2.24, 2.45) is 0 Å². The summed E-state index contributed by atoms with van der Waals surface area (Å²) in [6, 6.07) is 6.44. The molecule has 0 aromatic heterocycles. The van der Waals surface area contributed by atoms with E-state index in [2.05, 4.69) is 33.0 Å². The summed E-state index contributed by atoms with van der Waals surface area (Å²) >= 11 is 0. The molecule has 1 aromatic rings. The van der Waals surface area contributed by atoms with Crippen molar-refractivity contribution in [3.63, 3.8) is 0 Å². The topological polar surface area (TPSA) is 114 Å². The molecule has 3 aliphatic rings. The SMILES string of the molecule is CS(=O)(=O)N1CCC(NC2NCc3cccc(N4CCN(S(C)(=O)=O)CC4)c3N2)CC1. The average Bonchev–Trinajstić information content (AvgIpc) is 2.72. The van der Waals surface area contributed by atoms with E-state index in [1.165, 1.54) is 26.7 Å². The maximum absolute atomic E-state index is 11.8. The summed E-state index contributed by atoms with van der Waals surface area (Å²) < 4.78 is 50.1. The molecule has 10 nitrogen and oxygen atoms in total. The van der Waals surface area contributed by atoms with Gasteiger partial charge < -0.3 is 10.2 Å². The van der Waals surface area contributed by atoms with Crippen molar-refractivity contribution in [2.75, 3.05) is 62.0 Å². The fourth-order valence-electron chi connectivity index (χ4n) is 4.52. The predicted octanol–water partition coefficient (Wildman–Crippen LogP) is -0.419. The van der Waals surface area contributed by atoms with Crippen LogP contribution in [0.3, 0.4) is 0 Å². The monoisotopic (exact) mass is 472 g/mol. The Balaban J connectivity index is 1.39. The van der Waals surface area contributed by atoms with E-state index in [1.807, 2.05) is 6.07 Å². The van der Waals surface area contributed by atoms with Crippen molar-refractivity contribution in [1.82, 2.24) is 19.2 Å². The Morgan fingerprint density at radius 3 is 2.13 bits per heavy atom. The minimum atomic E-state index is -3.16. The van der Waals surface area contributed by atoms with Crippen LogP contribution in [0.5, 0.6) is 0 Å². The van der Waals surface area contributed by atoms with E-state index in [0.717, 1.165) is 30.8 Å². The molecule has 1 aromatic carbocycles. The second-order valence-electron chi connectivity index (χ2n) is 8.52. The van der Waals surface area contributed by atoms with Gasteiger partial charge in [0.2, 0.25) is 20.0 Å². The van der Waals surface area contributed by atoms with Gasteiger partial charge in [0.1, 0.15) is 6.29 Å². The molecule has 0 saturated carbocycles. The largest absolute Gasteiger partial charge is 0.367 e. The maximum Gasteiger partial charge on any atom is 0.211 e. The van der Waals surface area contributed by atoms with Gasteiger partial charge in [0.05, 0.1) is 23.9 Å². The van der Waals surface area contributed by atoms with Gasteiger partial charge in [-0.3, -0.25) is 10.6 Å². The van der Waals surface area contributed by atoms with Crippen molar-refractivity contribution in [2.45, 2.75) is 31.7 Å². The molecular weight excluding hydrogens is 440 g/mol. The molecule has 0 bridgehead atoms. The van der Waals surface area contributed by atoms with Crippen molar-refractivity contribution in [1.29, 1.82) is 0 Å². The van der Waals surface area contributed by atoms with Crippen LogP contribution in [0.2, 0.25) is 0 Å². The molecular formula is C19H32N6O4S2. The van der Waals surface area contributed by atoms with E-state index in [1.54, 1.807) is 0 Å². The van der Waals surface area contributed by atoms with Crippen LogP contribution >= 0.6 is 0 Å². The number of hydrogen-bond donors (Lipinski definition) is 3. The number of anilines is 2. The molecule has 0 spiro atoms. The van der Waals surface area contributed by atoms with Gasteiger partial charge in [-0.05, 0) is 24.5 Å². The first-order valence-electron chi connectivity index (χ1n) is 10.6. The van der Waals surface area contributed by atoms with Crippen molar-refractivity contribution in [3.8, 4) is 0 Å². The third-order valence-corrected chi connectivity index (χ3v) is 8.89. The van der Waals surface area contributed by atoms with E-state index in [9.17, 15) is 16.8 Å². The summed E-state index contributed by atoms with van der Waals surface area (Å²) in [7, 11) is -6.28. The van der Waals surface area contributed by atoms with Crippen LogP contribution in [0.25, 0.3) is 0 Å². The Hall–Kier alpha value is -1.44. The van der Waals surface area contributed by atoms with Crippen LogP contribution in [0, 0.1) is 0 Å². The van der Waals surface area contributed by atoms with E-state index in [0.29, 0.717) is 39.3 Å². The van der Waals surface area contributed by atoms with Crippen molar-refractivity contribution >= 4 is 31.4 Å². The Morgan fingerprint density at radius 2 is 1.52 bits per heavy atom. The standard InChI is InChI=1S/C19H32N6O4S2/c1-30(26,27)24-8-6-16(7-9-24)21-19-20-14-15-4-3-5-17(18(15)22-19)23-10-12-25(13-11-23)31(2,28)29/h3-5,16,19-22H,6-14H2,1-2H3. The van der Waals surface area contributed by atoms with Gasteiger partial charge in [-0.25, -0.2) is 21.1 Å². The number of piperidine rings is 1. The number of sulfonamides is 2. The molecule has 31 heavy (non-hydrogen) atoms. The quantitative estimate of drug-likeness (QED) is 0.530. The molecule has 0 aliphatic carbocycles. The zero-order valence-corrected chi connectivity index (χ0v) is 19.7. The Morgan fingerprint density at radius 1 is 0.903 bits per heavy atom. The van der Waals surface area contributed by atoms with Crippen LogP contribution in [0.1, 0.15) is 18.4 Å². The minimum absolute atomic E-state index is 0.110. The number of benzene rings is 1. The summed E-state index contributed by atoms with van der Waals surface area (Å²) in [6.45, 7) is 4.08. The van der Waals surface area contributed by atoms with Crippen LogP contribution in [0.4, 0.5) is 11.4 Å². The Bertz CT molecular complexity index is 1000. The molecule has 0 radical (unpaired) electrons. The molecule has 3 aliphatic heterocycles. The molecule has 3 N–H and O–H groups in total. The molecule has 174 valence electrons. The summed E-state index contributed by atoms with van der Waals surface area (Å²) in [4.78, 5) is 2.24. The minimum Gasteiger partial charge on any atom is -0.367 e. The highest BCUT2D eigenvalue weighted by molar-refractivity contribution is 7.88. The number of hydrogen-bond acceptors (Lipinski definition) is 8. The number of piperazine rings is 1. The number of para-hydroxylation sites is 1. The second-order valence-corrected chi connectivity index (χ2v) is 12.5. The van der Waals surface area contributed by atoms with Gasteiger partial charge in [0, 0.05) is 51.9 Å². The van der Waals surface area contributed by atoms with Crippen molar-refractivity contribution in [3.05, 3.63) is 23.8 Å². The van der Waals surface area contributed by atoms with Crippen molar-refractivity contribution < 1.29 is 16.8 Å². The van der Waals surface area contributed by atoms with E-state index in [-0.39, 0.29) is 12.3 Å². The molecule has 12 heteroatoms. The summed E-state index contributed by atoms with van der Waals surface area (Å²) in [5, 5.41) is 10.6. The fourth-order valence-corrected chi connectivity index (χ4v) is 6.22. The first kappa shape index (κ1) is 22.7. The smallest absolute Gasteiger partial charge is 0.211 e. The molecule has 1 atom stereocenters. The lowest BCUT2D eigenvalue weighted by Crippen LogP contribution is -2.56. The molecule has 0 amide bonds. The van der Waals surface area contributed by atoms with Gasteiger partial charge in [-0.2, -0.15) is 4.31 Å². The summed E-state index contributed by atoms with van der Waals surface area (Å²) in [6.07, 6.45) is 3.96. The number of rotatable bonds is 5. The predicted molar refractivity (Wildman–Crippen MR) is 122 cm³/mol. The first-order chi connectivity index (χ1) is 14.6. The highest BCUT2D eigenvalue weighted by Crippen LogP contribution is 2.33. The van der Waals surface area contributed by atoms with Gasteiger partial charge in [-0.15, -0.1) is 0 Å². The lowest BCUT2D eigenvalue weighted by Gasteiger charge is -2.39.